The summed E-state index contributed by atoms with van der Waals surface area (Å²) in [5, 5.41) is 2.92. The lowest BCUT2D eigenvalue weighted by atomic mass is 10.1. The van der Waals surface area contributed by atoms with Crippen molar-refractivity contribution in [3.05, 3.63) is 42.1 Å². The zero-order chi connectivity index (χ0) is 17.6. The van der Waals surface area contributed by atoms with Gasteiger partial charge in [-0.15, -0.1) is 0 Å². The van der Waals surface area contributed by atoms with Gasteiger partial charge < -0.3 is 19.7 Å². The molecule has 1 aromatic heterocycles. The quantitative estimate of drug-likeness (QED) is 0.904. The van der Waals surface area contributed by atoms with E-state index in [1.54, 1.807) is 44.7 Å². The maximum Gasteiger partial charge on any atom is 0.259 e. The molecule has 6 nitrogen and oxygen atoms in total. The number of anilines is 2. The molecule has 0 bridgehead atoms. The van der Waals surface area contributed by atoms with E-state index in [-0.39, 0.29) is 5.91 Å². The monoisotopic (exact) mass is 341 g/mol. The van der Waals surface area contributed by atoms with Gasteiger partial charge in [0.1, 0.15) is 5.82 Å². The lowest BCUT2D eigenvalue weighted by Gasteiger charge is -2.29. The minimum absolute atomic E-state index is 0.180. The van der Waals surface area contributed by atoms with E-state index in [0.717, 1.165) is 31.7 Å². The van der Waals surface area contributed by atoms with Gasteiger partial charge in [-0.05, 0) is 43.5 Å². The Morgan fingerprint density at radius 1 is 1.08 bits per heavy atom. The molecular formula is C19H23N3O3. The molecule has 2 aromatic rings. The summed E-state index contributed by atoms with van der Waals surface area (Å²) in [6.07, 6.45) is 5.23. The van der Waals surface area contributed by atoms with E-state index >= 15 is 0 Å². The Labute approximate surface area is 147 Å². The fraction of sp³-hybridized carbons (Fsp3) is 0.368. The van der Waals surface area contributed by atoms with Crippen molar-refractivity contribution in [1.29, 1.82) is 0 Å². The lowest BCUT2D eigenvalue weighted by molar-refractivity contribution is 0.102. The minimum Gasteiger partial charge on any atom is -0.493 e. The highest BCUT2D eigenvalue weighted by atomic mass is 16.5. The highest BCUT2D eigenvalue weighted by molar-refractivity contribution is 6.07. The molecule has 1 aliphatic heterocycles. The summed E-state index contributed by atoms with van der Waals surface area (Å²) in [5.41, 5.74) is 1.23. The molecule has 3 rings (SSSR count). The van der Waals surface area contributed by atoms with Crippen LogP contribution in [0.4, 0.5) is 11.5 Å². The topological polar surface area (TPSA) is 63.7 Å². The van der Waals surface area contributed by atoms with E-state index in [1.165, 1.54) is 6.42 Å². The highest BCUT2D eigenvalue weighted by Crippen LogP contribution is 2.30. The molecule has 0 radical (unpaired) electrons. The van der Waals surface area contributed by atoms with Gasteiger partial charge >= 0.3 is 0 Å². The largest absolute Gasteiger partial charge is 0.493 e. The average Bonchev–Trinajstić information content (AvgIpc) is 2.68. The molecule has 25 heavy (non-hydrogen) atoms. The van der Waals surface area contributed by atoms with Crippen LogP contribution in [0.3, 0.4) is 0 Å². The van der Waals surface area contributed by atoms with Crippen molar-refractivity contribution in [3.8, 4) is 11.5 Å². The van der Waals surface area contributed by atoms with Gasteiger partial charge in [-0.3, -0.25) is 4.79 Å². The van der Waals surface area contributed by atoms with Crippen molar-refractivity contribution < 1.29 is 14.3 Å². The van der Waals surface area contributed by atoms with Crippen LogP contribution in [0.5, 0.6) is 11.5 Å². The van der Waals surface area contributed by atoms with Gasteiger partial charge in [0.05, 0.1) is 19.8 Å². The highest BCUT2D eigenvalue weighted by Gasteiger charge is 2.20. The van der Waals surface area contributed by atoms with Gasteiger partial charge in [-0.2, -0.15) is 0 Å². The van der Waals surface area contributed by atoms with Crippen LogP contribution >= 0.6 is 0 Å². The Bertz CT molecular complexity index is 742. The Morgan fingerprint density at radius 2 is 1.84 bits per heavy atom. The number of nitrogens with zero attached hydrogens (tertiary/aromatic N) is 2. The lowest BCUT2D eigenvalue weighted by Crippen LogP contribution is -2.32. The molecule has 1 aromatic carbocycles. The van der Waals surface area contributed by atoms with Crippen LogP contribution in [0.25, 0.3) is 0 Å². The van der Waals surface area contributed by atoms with Gasteiger partial charge in [0.2, 0.25) is 0 Å². The fourth-order valence-corrected chi connectivity index (χ4v) is 3.04. The number of amides is 1. The standard InChI is InChI=1S/C19H23N3O3/c1-24-16-9-8-14(13-17(16)25-2)21-19(23)15-7-6-10-20-18(15)22-11-4-3-5-12-22/h6-10,13H,3-5,11-12H2,1-2H3,(H,21,23). The molecule has 0 unspecified atom stereocenters. The van der Waals surface area contributed by atoms with E-state index in [2.05, 4.69) is 15.2 Å². The molecule has 0 atom stereocenters. The fourth-order valence-electron chi connectivity index (χ4n) is 3.04. The van der Waals surface area contributed by atoms with Crippen LogP contribution in [0.1, 0.15) is 29.6 Å². The van der Waals surface area contributed by atoms with Gasteiger partial charge in [0.15, 0.2) is 11.5 Å². The third-order valence-corrected chi connectivity index (χ3v) is 4.33. The maximum absolute atomic E-state index is 12.8. The first-order valence-electron chi connectivity index (χ1n) is 8.46. The number of benzene rings is 1. The third-order valence-electron chi connectivity index (χ3n) is 4.33. The van der Waals surface area contributed by atoms with Crippen molar-refractivity contribution in [2.75, 3.05) is 37.5 Å². The van der Waals surface area contributed by atoms with Crippen LogP contribution < -0.4 is 19.7 Å². The van der Waals surface area contributed by atoms with Crippen LogP contribution in [0.15, 0.2) is 36.5 Å². The summed E-state index contributed by atoms with van der Waals surface area (Å²) in [4.78, 5) is 19.4. The molecule has 0 aliphatic carbocycles. The van der Waals surface area contributed by atoms with Gasteiger partial charge in [-0.25, -0.2) is 4.98 Å². The van der Waals surface area contributed by atoms with Crippen LogP contribution in [-0.2, 0) is 0 Å². The van der Waals surface area contributed by atoms with Gasteiger partial charge in [-0.1, -0.05) is 0 Å². The van der Waals surface area contributed by atoms with Crippen molar-refractivity contribution >= 4 is 17.4 Å². The number of piperidine rings is 1. The van der Waals surface area contributed by atoms with Crippen LogP contribution in [0, 0.1) is 0 Å². The number of ether oxygens (including phenoxy) is 2. The molecule has 1 N–H and O–H groups in total. The number of pyridine rings is 1. The number of carbonyl (C=O) groups is 1. The zero-order valence-electron chi connectivity index (χ0n) is 14.6. The van der Waals surface area contributed by atoms with Crippen LogP contribution in [-0.4, -0.2) is 38.2 Å². The second-order valence-corrected chi connectivity index (χ2v) is 5.95. The number of rotatable bonds is 5. The summed E-state index contributed by atoms with van der Waals surface area (Å²) in [7, 11) is 3.15. The molecule has 0 spiro atoms. The van der Waals surface area contributed by atoms with E-state index in [0.29, 0.717) is 22.7 Å². The van der Waals surface area contributed by atoms with Gasteiger partial charge in [0, 0.05) is 31.0 Å². The van der Waals surface area contributed by atoms with Crippen LogP contribution in [0.2, 0.25) is 0 Å². The summed E-state index contributed by atoms with van der Waals surface area (Å²) in [5.74, 6) is 1.76. The number of carbonyl (C=O) groups excluding carboxylic acids is 1. The summed E-state index contributed by atoms with van der Waals surface area (Å²) in [6.45, 7) is 1.88. The predicted octanol–water partition coefficient (Wildman–Crippen LogP) is 3.34. The molecule has 0 saturated carbocycles. The molecule has 1 saturated heterocycles. The van der Waals surface area contributed by atoms with Crippen molar-refractivity contribution in [2.45, 2.75) is 19.3 Å². The first-order chi connectivity index (χ1) is 12.2. The number of hydrogen-bond acceptors (Lipinski definition) is 5. The Morgan fingerprint density at radius 3 is 2.56 bits per heavy atom. The minimum atomic E-state index is -0.180. The SMILES string of the molecule is COc1ccc(NC(=O)c2cccnc2N2CCCCC2)cc1OC. The summed E-state index contributed by atoms with van der Waals surface area (Å²) in [6, 6.07) is 8.90. The Kier molecular flexibility index (Phi) is 5.38. The zero-order valence-corrected chi connectivity index (χ0v) is 14.6. The maximum atomic E-state index is 12.8. The molecule has 1 amide bonds. The second-order valence-electron chi connectivity index (χ2n) is 5.95. The van der Waals surface area contributed by atoms with Crippen molar-refractivity contribution in [2.24, 2.45) is 0 Å². The number of methoxy groups -OCH3 is 2. The molecular weight excluding hydrogens is 318 g/mol. The van der Waals surface area contributed by atoms with Crippen molar-refractivity contribution in [1.82, 2.24) is 4.98 Å². The molecule has 1 aliphatic rings. The normalized spacial score (nSPS) is 14.1. The average molecular weight is 341 g/mol. The summed E-state index contributed by atoms with van der Waals surface area (Å²) < 4.78 is 10.5. The van der Waals surface area contributed by atoms with Crippen molar-refractivity contribution in [3.63, 3.8) is 0 Å². The molecule has 132 valence electrons. The summed E-state index contributed by atoms with van der Waals surface area (Å²) >= 11 is 0. The second kappa shape index (κ2) is 7.88. The number of aromatic nitrogens is 1. The molecule has 6 heteroatoms. The van der Waals surface area contributed by atoms with E-state index in [9.17, 15) is 4.79 Å². The number of nitrogens with one attached hydrogen (secondary N) is 1. The first kappa shape index (κ1) is 17.1. The predicted molar refractivity (Wildman–Crippen MR) is 97.8 cm³/mol. The Hall–Kier alpha value is -2.76. The third kappa shape index (κ3) is 3.84. The van der Waals surface area contributed by atoms with E-state index in [1.807, 2.05) is 6.07 Å². The Balaban J connectivity index is 1.82. The van der Waals surface area contributed by atoms with E-state index < -0.39 is 0 Å². The van der Waals surface area contributed by atoms with E-state index in [4.69, 9.17) is 9.47 Å². The molecule has 2 heterocycles. The smallest absolute Gasteiger partial charge is 0.259 e. The van der Waals surface area contributed by atoms with Gasteiger partial charge in [0.25, 0.3) is 5.91 Å². The number of hydrogen-bond donors (Lipinski definition) is 1. The first-order valence-corrected chi connectivity index (χ1v) is 8.46. The molecule has 1 fully saturated rings.